The first kappa shape index (κ1) is 14.2. The molecule has 1 heterocycles. The Morgan fingerprint density at radius 1 is 1.38 bits per heavy atom. The Kier molecular flexibility index (Phi) is 4.26. The van der Waals surface area contributed by atoms with Gasteiger partial charge in [-0.3, -0.25) is 0 Å². The van der Waals surface area contributed by atoms with Crippen molar-refractivity contribution in [1.82, 2.24) is 9.97 Å². The third kappa shape index (κ3) is 3.88. The smallest absolute Gasteiger partial charge is 0.328 e. The van der Waals surface area contributed by atoms with Crippen LogP contribution in [0.3, 0.4) is 0 Å². The third-order valence-electron chi connectivity index (χ3n) is 2.58. The van der Waals surface area contributed by atoms with E-state index in [4.69, 9.17) is 15.1 Å². The van der Waals surface area contributed by atoms with Crippen LogP contribution in [0, 0.1) is 18.3 Å². The lowest BCUT2D eigenvalue weighted by atomic mass is 10.1. The molecule has 0 unspecified atom stereocenters. The van der Waals surface area contributed by atoms with Gasteiger partial charge in [-0.1, -0.05) is 6.07 Å². The molecule has 2 rings (SSSR count). The second-order valence-electron chi connectivity index (χ2n) is 4.16. The van der Waals surface area contributed by atoms with E-state index in [-0.39, 0.29) is 6.01 Å². The molecule has 104 valence electrons. The number of hydrogen-bond acceptors (Lipinski definition) is 5. The summed E-state index contributed by atoms with van der Waals surface area (Å²) < 4.78 is 5.52. The zero-order chi connectivity index (χ0) is 15.2. The molecule has 0 saturated heterocycles. The van der Waals surface area contributed by atoms with Gasteiger partial charge in [0.2, 0.25) is 0 Å². The molecule has 0 aliphatic heterocycles. The number of hydrogen-bond donors (Lipinski definition) is 1. The molecule has 0 bridgehead atoms. The van der Waals surface area contributed by atoms with Crippen molar-refractivity contribution in [2.24, 2.45) is 0 Å². The van der Waals surface area contributed by atoms with E-state index in [0.29, 0.717) is 16.9 Å². The molecule has 1 aromatic carbocycles. The van der Waals surface area contributed by atoms with E-state index in [1.165, 1.54) is 18.5 Å². The van der Waals surface area contributed by atoms with Gasteiger partial charge in [-0.25, -0.2) is 14.8 Å². The van der Waals surface area contributed by atoms with Crippen LogP contribution in [0.1, 0.15) is 16.7 Å². The van der Waals surface area contributed by atoms with Crippen molar-refractivity contribution in [3.63, 3.8) is 0 Å². The van der Waals surface area contributed by atoms with Crippen LogP contribution in [0.4, 0.5) is 0 Å². The highest BCUT2D eigenvalue weighted by Crippen LogP contribution is 2.23. The minimum absolute atomic E-state index is 0.126. The van der Waals surface area contributed by atoms with E-state index < -0.39 is 5.97 Å². The van der Waals surface area contributed by atoms with E-state index in [0.717, 1.165) is 11.6 Å². The largest absolute Gasteiger partial charge is 0.478 e. The van der Waals surface area contributed by atoms with Gasteiger partial charge in [-0.2, -0.15) is 5.26 Å². The van der Waals surface area contributed by atoms with Gasteiger partial charge in [-0.15, -0.1) is 0 Å². The van der Waals surface area contributed by atoms with Crippen molar-refractivity contribution in [3.8, 4) is 17.8 Å². The average Bonchev–Trinajstić information content (AvgIpc) is 2.48. The average molecular weight is 281 g/mol. The standard InChI is InChI=1S/C15H11N3O3/c1-10-2-3-11(7-16)6-13(10)21-15-17-8-12(9-18-15)4-5-14(19)20/h2-6,8-9H,1H3,(H,19,20)/b5-4+. The maximum atomic E-state index is 10.4. The predicted octanol–water partition coefficient (Wildman–Crippen LogP) is 2.55. The van der Waals surface area contributed by atoms with Crippen LogP contribution < -0.4 is 4.74 Å². The van der Waals surface area contributed by atoms with Gasteiger partial charge in [-0.05, 0) is 30.7 Å². The number of aliphatic carboxylic acids is 1. The third-order valence-corrected chi connectivity index (χ3v) is 2.58. The van der Waals surface area contributed by atoms with Gasteiger partial charge in [0.15, 0.2) is 0 Å². The molecule has 0 spiro atoms. The number of aromatic nitrogens is 2. The second-order valence-corrected chi connectivity index (χ2v) is 4.16. The lowest BCUT2D eigenvalue weighted by Gasteiger charge is -2.07. The summed E-state index contributed by atoms with van der Waals surface area (Å²) in [5.41, 5.74) is 1.89. The summed E-state index contributed by atoms with van der Waals surface area (Å²) in [6, 6.07) is 7.24. The van der Waals surface area contributed by atoms with Crippen LogP contribution in [-0.4, -0.2) is 21.0 Å². The Morgan fingerprint density at radius 3 is 2.71 bits per heavy atom. The summed E-state index contributed by atoms with van der Waals surface area (Å²) in [5.74, 6) is -0.540. The monoisotopic (exact) mass is 281 g/mol. The number of nitriles is 1. The Balaban J connectivity index is 2.17. The molecule has 6 nitrogen and oxygen atoms in total. The lowest BCUT2D eigenvalue weighted by Crippen LogP contribution is -1.94. The van der Waals surface area contributed by atoms with E-state index in [1.54, 1.807) is 18.2 Å². The fraction of sp³-hybridized carbons (Fsp3) is 0.0667. The topological polar surface area (TPSA) is 96.1 Å². The van der Waals surface area contributed by atoms with Gasteiger partial charge in [0.1, 0.15) is 5.75 Å². The van der Waals surface area contributed by atoms with Crippen LogP contribution in [0.2, 0.25) is 0 Å². The Hall–Kier alpha value is -3.20. The highest BCUT2D eigenvalue weighted by atomic mass is 16.5. The number of carbonyl (C=O) groups is 1. The molecule has 0 atom stereocenters. The molecule has 0 radical (unpaired) electrons. The number of ether oxygens (including phenoxy) is 1. The van der Waals surface area contributed by atoms with Crippen LogP contribution in [0.25, 0.3) is 6.08 Å². The number of carboxylic acids is 1. The van der Waals surface area contributed by atoms with Gasteiger partial charge < -0.3 is 9.84 Å². The van der Waals surface area contributed by atoms with Crippen molar-refractivity contribution < 1.29 is 14.6 Å². The quantitative estimate of drug-likeness (QED) is 0.865. The van der Waals surface area contributed by atoms with E-state index in [9.17, 15) is 4.79 Å². The molecule has 1 aromatic heterocycles. The molecule has 0 amide bonds. The number of carboxylic acid groups (broad SMARTS) is 1. The Morgan fingerprint density at radius 2 is 2.10 bits per heavy atom. The highest BCUT2D eigenvalue weighted by molar-refractivity contribution is 5.85. The summed E-state index contributed by atoms with van der Waals surface area (Å²) in [7, 11) is 0. The Bertz CT molecular complexity index is 731. The van der Waals surface area contributed by atoms with Crippen LogP contribution in [-0.2, 0) is 4.79 Å². The first-order valence-corrected chi connectivity index (χ1v) is 6.00. The number of benzene rings is 1. The molecule has 0 aliphatic carbocycles. The molecular weight excluding hydrogens is 270 g/mol. The van der Waals surface area contributed by atoms with Crippen LogP contribution in [0.5, 0.6) is 11.8 Å². The molecule has 6 heteroatoms. The maximum absolute atomic E-state index is 10.4. The van der Waals surface area contributed by atoms with Gasteiger partial charge >= 0.3 is 12.0 Å². The van der Waals surface area contributed by atoms with E-state index >= 15 is 0 Å². The Labute approximate surface area is 121 Å². The van der Waals surface area contributed by atoms with Gasteiger partial charge in [0.05, 0.1) is 11.6 Å². The fourth-order valence-corrected chi connectivity index (χ4v) is 1.51. The number of rotatable bonds is 4. The van der Waals surface area contributed by atoms with Crippen molar-refractivity contribution in [3.05, 3.63) is 53.4 Å². The van der Waals surface area contributed by atoms with E-state index in [1.807, 2.05) is 13.0 Å². The SMILES string of the molecule is Cc1ccc(C#N)cc1Oc1ncc(/C=C/C(=O)O)cn1. The molecule has 21 heavy (non-hydrogen) atoms. The van der Waals surface area contributed by atoms with Gasteiger partial charge in [0.25, 0.3) is 0 Å². The van der Waals surface area contributed by atoms with Crippen molar-refractivity contribution in [2.75, 3.05) is 0 Å². The molecule has 1 N–H and O–H groups in total. The summed E-state index contributed by atoms with van der Waals surface area (Å²) in [5, 5.41) is 17.4. The summed E-state index contributed by atoms with van der Waals surface area (Å²) in [6.07, 6.45) is 5.28. The molecular formula is C15H11N3O3. The van der Waals surface area contributed by atoms with E-state index in [2.05, 4.69) is 9.97 Å². The van der Waals surface area contributed by atoms with Crippen molar-refractivity contribution in [2.45, 2.75) is 6.92 Å². The van der Waals surface area contributed by atoms with Crippen molar-refractivity contribution in [1.29, 1.82) is 5.26 Å². The predicted molar refractivity (Wildman–Crippen MR) is 74.7 cm³/mol. The summed E-state index contributed by atoms with van der Waals surface area (Å²) in [6.45, 7) is 1.85. The first-order chi connectivity index (χ1) is 10.1. The minimum Gasteiger partial charge on any atom is -0.478 e. The molecule has 0 saturated carbocycles. The molecule has 0 aliphatic rings. The normalized spacial score (nSPS) is 10.3. The van der Waals surface area contributed by atoms with Crippen molar-refractivity contribution >= 4 is 12.0 Å². The maximum Gasteiger partial charge on any atom is 0.328 e. The van der Waals surface area contributed by atoms with Crippen LogP contribution in [0.15, 0.2) is 36.7 Å². The molecule has 2 aromatic rings. The van der Waals surface area contributed by atoms with Crippen LogP contribution >= 0.6 is 0 Å². The summed E-state index contributed by atoms with van der Waals surface area (Å²) in [4.78, 5) is 18.4. The number of nitrogens with zero attached hydrogens (tertiary/aromatic N) is 3. The highest BCUT2D eigenvalue weighted by Gasteiger charge is 2.05. The minimum atomic E-state index is -1.04. The zero-order valence-corrected chi connectivity index (χ0v) is 11.1. The first-order valence-electron chi connectivity index (χ1n) is 6.00. The molecule has 0 fully saturated rings. The zero-order valence-electron chi connectivity index (χ0n) is 11.1. The fourth-order valence-electron chi connectivity index (χ4n) is 1.51. The summed E-state index contributed by atoms with van der Waals surface area (Å²) >= 11 is 0. The van der Waals surface area contributed by atoms with Gasteiger partial charge in [0, 0.05) is 24.0 Å². The number of aryl methyl sites for hydroxylation is 1. The second kappa shape index (κ2) is 6.30. The lowest BCUT2D eigenvalue weighted by molar-refractivity contribution is -0.131.